The van der Waals surface area contributed by atoms with Crippen molar-refractivity contribution in [3.63, 3.8) is 0 Å². The Bertz CT molecular complexity index is 629. The first-order chi connectivity index (χ1) is 11.3. The zero-order chi connectivity index (χ0) is 17.9. The summed E-state index contributed by atoms with van der Waals surface area (Å²) in [4.78, 5) is 11.3. The molecule has 4 nitrogen and oxygen atoms in total. The number of aliphatic hydroxyl groups excluding tert-OH is 1. The highest BCUT2D eigenvalue weighted by Gasteiger charge is 2.33. The van der Waals surface area contributed by atoms with E-state index in [9.17, 15) is 20.1 Å². The topological polar surface area (TPSA) is 77.8 Å². The van der Waals surface area contributed by atoms with Gasteiger partial charge in [0.1, 0.15) is 5.75 Å². The molecular weight excluding hydrogens is 304 g/mol. The summed E-state index contributed by atoms with van der Waals surface area (Å²) < 4.78 is 0. The van der Waals surface area contributed by atoms with Gasteiger partial charge in [-0.1, -0.05) is 18.6 Å². The van der Waals surface area contributed by atoms with Crippen molar-refractivity contribution in [2.45, 2.75) is 58.3 Å². The zero-order valence-electron chi connectivity index (χ0n) is 14.7. The fourth-order valence-corrected chi connectivity index (χ4v) is 3.83. The fourth-order valence-electron chi connectivity index (χ4n) is 3.83. The van der Waals surface area contributed by atoms with E-state index < -0.39 is 5.97 Å². The summed E-state index contributed by atoms with van der Waals surface area (Å²) in [7, 11) is 0. The first-order valence-electron chi connectivity index (χ1n) is 8.69. The lowest BCUT2D eigenvalue weighted by atomic mass is 9.70. The lowest BCUT2D eigenvalue weighted by molar-refractivity contribution is 0.0696. The van der Waals surface area contributed by atoms with E-state index in [1.54, 1.807) is 6.07 Å². The second kappa shape index (κ2) is 7.84. The number of hydrogen-bond donors (Lipinski definition) is 3. The molecule has 0 bridgehead atoms. The molecule has 0 saturated heterocycles. The van der Waals surface area contributed by atoms with Gasteiger partial charge in [0.2, 0.25) is 0 Å². The Hall–Kier alpha value is -1.81. The molecule has 24 heavy (non-hydrogen) atoms. The summed E-state index contributed by atoms with van der Waals surface area (Å²) in [5.41, 5.74) is 3.07. The number of phenolic OH excluding ortho intramolecular Hbond substituents is 1. The normalized spacial score (nSPS) is 21.0. The SMILES string of the molecule is CC(C)=CCC[C@H](C)[C@@H]1CC[C@@H](CO)c2c(O)cc(C(=O)O)cc21. The third kappa shape index (κ3) is 3.99. The van der Waals surface area contributed by atoms with Crippen LogP contribution in [0.4, 0.5) is 0 Å². The highest BCUT2D eigenvalue weighted by atomic mass is 16.4. The Morgan fingerprint density at radius 1 is 1.33 bits per heavy atom. The van der Waals surface area contributed by atoms with Gasteiger partial charge in [-0.25, -0.2) is 4.79 Å². The highest BCUT2D eigenvalue weighted by Crippen LogP contribution is 2.47. The molecule has 1 aliphatic rings. The maximum Gasteiger partial charge on any atom is 0.335 e. The van der Waals surface area contributed by atoms with Crippen LogP contribution in [0.1, 0.15) is 79.8 Å². The number of aliphatic hydroxyl groups is 1. The minimum absolute atomic E-state index is 0.00477. The third-order valence-electron chi connectivity index (χ3n) is 5.15. The lowest BCUT2D eigenvalue weighted by Crippen LogP contribution is -2.22. The first kappa shape index (κ1) is 18.5. The number of hydrogen-bond acceptors (Lipinski definition) is 3. The largest absolute Gasteiger partial charge is 0.508 e. The second-order valence-corrected chi connectivity index (χ2v) is 7.20. The molecule has 0 heterocycles. The van der Waals surface area contributed by atoms with Gasteiger partial charge in [-0.3, -0.25) is 0 Å². The van der Waals surface area contributed by atoms with Crippen molar-refractivity contribution in [2.75, 3.05) is 6.61 Å². The van der Waals surface area contributed by atoms with Crippen LogP contribution in [0.5, 0.6) is 5.75 Å². The van der Waals surface area contributed by atoms with E-state index in [0.29, 0.717) is 5.92 Å². The summed E-state index contributed by atoms with van der Waals surface area (Å²) in [5.74, 6) is -0.523. The minimum atomic E-state index is -1.03. The van der Waals surface area contributed by atoms with Gasteiger partial charge in [0.15, 0.2) is 0 Å². The van der Waals surface area contributed by atoms with Gasteiger partial charge in [0, 0.05) is 11.5 Å². The van der Waals surface area contributed by atoms with Crippen molar-refractivity contribution in [2.24, 2.45) is 5.92 Å². The standard InChI is InChI=1S/C20H28O4/c1-12(2)5-4-6-13(3)16-8-7-14(11-21)19-17(16)9-15(20(23)24)10-18(19)22/h5,9-10,13-14,16,21-22H,4,6-8,11H2,1-3H3,(H,23,24)/t13-,14-,16-/m0/s1. The Morgan fingerprint density at radius 2 is 2.04 bits per heavy atom. The number of fused-ring (bicyclic) bond motifs is 1. The van der Waals surface area contributed by atoms with Crippen LogP contribution in [0.15, 0.2) is 23.8 Å². The fraction of sp³-hybridized carbons (Fsp3) is 0.550. The second-order valence-electron chi connectivity index (χ2n) is 7.20. The van der Waals surface area contributed by atoms with Crippen LogP contribution < -0.4 is 0 Å². The van der Waals surface area contributed by atoms with Crippen LogP contribution >= 0.6 is 0 Å². The predicted octanol–water partition coefficient (Wildman–Crippen LogP) is 4.43. The molecule has 0 unspecified atom stereocenters. The molecule has 0 radical (unpaired) electrons. The maximum absolute atomic E-state index is 11.3. The van der Waals surface area contributed by atoms with Crippen molar-refractivity contribution >= 4 is 5.97 Å². The number of rotatable bonds is 6. The molecule has 0 fully saturated rings. The number of aromatic carboxylic acids is 1. The van der Waals surface area contributed by atoms with Crippen LogP contribution in [0, 0.1) is 5.92 Å². The number of benzene rings is 1. The lowest BCUT2D eigenvalue weighted by Gasteiger charge is -2.35. The Labute approximate surface area is 143 Å². The van der Waals surface area contributed by atoms with E-state index in [4.69, 9.17) is 0 Å². The number of carboxylic acids is 1. The number of aromatic hydroxyl groups is 1. The van der Waals surface area contributed by atoms with Gasteiger partial charge >= 0.3 is 5.97 Å². The molecule has 0 amide bonds. The van der Waals surface area contributed by atoms with E-state index in [2.05, 4.69) is 26.8 Å². The number of phenols is 1. The van der Waals surface area contributed by atoms with Crippen LogP contribution in [-0.2, 0) is 0 Å². The van der Waals surface area contributed by atoms with Gasteiger partial charge < -0.3 is 15.3 Å². The Morgan fingerprint density at radius 3 is 2.62 bits per heavy atom. The van der Waals surface area contributed by atoms with Crippen molar-refractivity contribution in [1.82, 2.24) is 0 Å². The van der Waals surface area contributed by atoms with Crippen LogP contribution in [0.3, 0.4) is 0 Å². The molecule has 1 aliphatic carbocycles. The molecule has 1 aromatic rings. The molecule has 4 heteroatoms. The molecule has 3 N–H and O–H groups in total. The Balaban J connectivity index is 2.36. The minimum Gasteiger partial charge on any atom is -0.508 e. The summed E-state index contributed by atoms with van der Waals surface area (Å²) >= 11 is 0. The molecule has 2 rings (SSSR count). The van der Waals surface area contributed by atoms with Gasteiger partial charge in [-0.2, -0.15) is 0 Å². The third-order valence-corrected chi connectivity index (χ3v) is 5.15. The average Bonchev–Trinajstić information content (AvgIpc) is 2.52. The number of allylic oxidation sites excluding steroid dienone is 2. The molecule has 132 valence electrons. The van der Waals surface area contributed by atoms with Crippen LogP contribution in [0.25, 0.3) is 0 Å². The van der Waals surface area contributed by atoms with Gasteiger partial charge in [0.05, 0.1) is 12.2 Å². The summed E-state index contributed by atoms with van der Waals surface area (Å²) in [6, 6.07) is 3.00. The van der Waals surface area contributed by atoms with Crippen molar-refractivity contribution in [3.05, 3.63) is 40.5 Å². The molecule has 0 saturated carbocycles. The molecular formula is C20H28O4. The smallest absolute Gasteiger partial charge is 0.335 e. The predicted molar refractivity (Wildman–Crippen MR) is 94.7 cm³/mol. The molecule has 3 atom stereocenters. The van der Waals surface area contributed by atoms with Gasteiger partial charge in [0.25, 0.3) is 0 Å². The van der Waals surface area contributed by atoms with E-state index >= 15 is 0 Å². The van der Waals surface area contributed by atoms with Crippen molar-refractivity contribution in [3.8, 4) is 5.75 Å². The summed E-state index contributed by atoms with van der Waals surface area (Å²) in [6.07, 6.45) is 5.99. The van der Waals surface area contributed by atoms with E-state index in [1.165, 1.54) is 11.6 Å². The number of carboxylic acid groups (broad SMARTS) is 1. The monoisotopic (exact) mass is 332 g/mol. The molecule has 1 aromatic carbocycles. The molecule has 0 spiro atoms. The average molecular weight is 332 g/mol. The number of carbonyl (C=O) groups is 1. The van der Waals surface area contributed by atoms with Crippen LogP contribution in [0.2, 0.25) is 0 Å². The zero-order valence-corrected chi connectivity index (χ0v) is 14.7. The van der Waals surface area contributed by atoms with E-state index in [-0.39, 0.29) is 29.8 Å². The summed E-state index contributed by atoms with van der Waals surface area (Å²) in [6.45, 7) is 6.34. The Kier molecular flexibility index (Phi) is 6.05. The summed E-state index contributed by atoms with van der Waals surface area (Å²) in [5, 5.41) is 29.3. The quantitative estimate of drug-likeness (QED) is 0.674. The maximum atomic E-state index is 11.3. The molecule has 0 aliphatic heterocycles. The van der Waals surface area contributed by atoms with E-state index in [1.807, 2.05) is 0 Å². The highest BCUT2D eigenvalue weighted by molar-refractivity contribution is 5.88. The van der Waals surface area contributed by atoms with Gasteiger partial charge in [-0.05, 0) is 69.1 Å². The van der Waals surface area contributed by atoms with Gasteiger partial charge in [-0.15, -0.1) is 0 Å². The van der Waals surface area contributed by atoms with Crippen molar-refractivity contribution in [1.29, 1.82) is 0 Å². The molecule has 0 aromatic heterocycles. The van der Waals surface area contributed by atoms with Crippen LogP contribution in [-0.4, -0.2) is 27.9 Å². The van der Waals surface area contributed by atoms with Crippen molar-refractivity contribution < 1.29 is 20.1 Å². The first-order valence-corrected chi connectivity index (χ1v) is 8.69. The van der Waals surface area contributed by atoms with E-state index in [0.717, 1.165) is 36.8 Å².